The van der Waals surface area contributed by atoms with Crippen molar-refractivity contribution in [2.24, 2.45) is 11.8 Å². The van der Waals surface area contributed by atoms with E-state index >= 15 is 0 Å². The molecule has 0 radical (unpaired) electrons. The molecule has 0 saturated heterocycles. The maximum atomic E-state index is 2.36. The summed E-state index contributed by atoms with van der Waals surface area (Å²) in [5.41, 5.74) is 1.50. The minimum Gasteiger partial charge on any atom is -0.0811 e. The molecule has 0 aromatic carbocycles. The van der Waals surface area contributed by atoms with Gasteiger partial charge in [-0.05, 0) is 23.8 Å². The van der Waals surface area contributed by atoms with Gasteiger partial charge in [-0.2, -0.15) is 0 Å². The van der Waals surface area contributed by atoms with E-state index in [9.17, 15) is 0 Å². The smallest absolute Gasteiger partial charge is 0.0222 e. The molecule has 56 valence electrons. The van der Waals surface area contributed by atoms with Gasteiger partial charge in [0.2, 0.25) is 0 Å². The quantitative estimate of drug-likeness (QED) is 0.519. The van der Waals surface area contributed by atoms with Crippen molar-refractivity contribution in [3.05, 3.63) is 23.8 Å². The Labute approximate surface area is 63.6 Å². The van der Waals surface area contributed by atoms with Crippen LogP contribution in [0.2, 0.25) is 0 Å². The molecule has 0 fully saturated rings. The van der Waals surface area contributed by atoms with Gasteiger partial charge in [-0.3, -0.25) is 0 Å². The lowest BCUT2D eigenvalue weighted by Crippen LogP contribution is -1.98. The molecular weight excluding hydrogens is 120 g/mol. The van der Waals surface area contributed by atoms with E-state index in [0.717, 1.165) is 5.92 Å². The molecule has 0 saturated carbocycles. The van der Waals surface area contributed by atoms with Crippen molar-refractivity contribution in [1.29, 1.82) is 0 Å². The highest BCUT2D eigenvalue weighted by atomic mass is 14.1. The largest absolute Gasteiger partial charge is 0.0811 e. The fourth-order valence-electron chi connectivity index (χ4n) is 1.17. The molecule has 0 bridgehead atoms. The number of allylic oxidation sites excluding steroid dienone is 4. The van der Waals surface area contributed by atoms with Crippen LogP contribution in [0, 0.1) is 11.8 Å². The molecule has 0 heteroatoms. The molecule has 10 heavy (non-hydrogen) atoms. The molecule has 1 aliphatic rings. The van der Waals surface area contributed by atoms with Crippen molar-refractivity contribution in [3.63, 3.8) is 0 Å². The highest BCUT2D eigenvalue weighted by Crippen LogP contribution is 2.20. The summed E-state index contributed by atoms with van der Waals surface area (Å²) in [7, 11) is 0. The second-order valence-corrected chi connectivity index (χ2v) is 3.43. The molecule has 0 amide bonds. The number of hydrogen-bond donors (Lipinski definition) is 0. The molecule has 0 heterocycles. The van der Waals surface area contributed by atoms with Gasteiger partial charge in [0.25, 0.3) is 0 Å². The van der Waals surface area contributed by atoms with Crippen LogP contribution in [0.1, 0.15) is 27.2 Å². The molecule has 0 aromatic heterocycles. The van der Waals surface area contributed by atoms with Gasteiger partial charge >= 0.3 is 0 Å². The van der Waals surface area contributed by atoms with E-state index in [2.05, 4.69) is 39.0 Å². The van der Waals surface area contributed by atoms with Gasteiger partial charge in [-0.25, -0.2) is 0 Å². The predicted octanol–water partition coefficient (Wildman–Crippen LogP) is 3.16. The van der Waals surface area contributed by atoms with E-state index in [4.69, 9.17) is 0 Å². The molecule has 0 aromatic rings. The van der Waals surface area contributed by atoms with Gasteiger partial charge in [-0.1, -0.05) is 39.0 Å². The Morgan fingerprint density at radius 1 is 1.50 bits per heavy atom. The second-order valence-electron chi connectivity index (χ2n) is 3.43. The van der Waals surface area contributed by atoms with Crippen LogP contribution >= 0.6 is 0 Å². The van der Waals surface area contributed by atoms with Gasteiger partial charge in [-0.15, -0.1) is 0 Å². The van der Waals surface area contributed by atoms with Crippen LogP contribution in [0.5, 0.6) is 0 Å². The predicted molar refractivity (Wildman–Crippen MR) is 45.8 cm³/mol. The summed E-state index contributed by atoms with van der Waals surface area (Å²) >= 11 is 0. The topological polar surface area (TPSA) is 0 Å². The third-order valence-corrected chi connectivity index (χ3v) is 2.01. The summed E-state index contributed by atoms with van der Waals surface area (Å²) in [6.45, 7) is 6.74. The third-order valence-electron chi connectivity index (χ3n) is 2.01. The summed E-state index contributed by atoms with van der Waals surface area (Å²) in [5, 5.41) is 0. The number of hydrogen-bond acceptors (Lipinski definition) is 0. The van der Waals surface area contributed by atoms with Crippen molar-refractivity contribution < 1.29 is 0 Å². The minimum atomic E-state index is 0.698. The van der Waals surface area contributed by atoms with Crippen LogP contribution in [0.3, 0.4) is 0 Å². The maximum absolute atomic E-state index is 2.36. The molecule has 0 aliphatic heterocycles. The van der Waals surface area contributed by atoms with Crippen LogP contribution in [0.4, 0.5) is 0 Å². The molecule has 0 unspecified atom stereocenters. The van der Waals surface area contributed by atoms with Crippen LogP contribution in [0.15, 0.2) is 23.8 Å². The van der Waals surface area contributed by atoms with Gasteiger partial charge in [0.05, 0.1) is 0 Å². The molecule has 1 aliphatic carbocycles. The van der Waals surface area contributed by atoms with Crippen molar-refractivity contribution in [3.8, 4) is 0 Å². The average molecular weight is 136 g/mol. The van der Waals surface area contributed by atoms with Crippen LogP contribution in [-0.4, -0.2) is 0 Å². The summed E-state index contributed by atoms with van der Waals surface area (Å²) in [5.74, 6) is 1.45. The lowest BCUT2D eigenvalue weighted by atomic mass is 9.93. The first-order valence-corrected chi connectivity index (χ1v) is 4.08. The average Bonchev–Trinajstić information content (AvgIpc) is 1.88. The Bertz CT molecular complexity index is 161. The molecule has 0 spiro atoms. The zero-order valence-corrected chi connectivity index (χ0v) is 7.09. The summed E-state index contributed by atoms with van der Waals surface area (Å²) in [4.78, 5) is 0. The fourth-order valence-corrected chi connectivity index (χ4v) is 1.17. The third kappa shape index (κ3) is 1.73. The Hall–Kier alpha value is -0.520. The van der Waals surface area contributed by atoms with Crippen LogP contribution < -0.4 is 0 Å². The lowest BCUT2D eigenvalue weighted by Gasteiger charge is -2.13. The zero-order chi connectivity index (χ0) is 7.56. The minimum absolute atomic E-state index is 0.698. The van der Waals surface area contributed by atoms with Crippen molar-refractivity contribution >= 4 is 0 Å². The first-order chi connectivity index (χ1) is 4.70. The lowest BCUT2D eigenvalue weighted by molar-refractivity contribution is 0.698. The van der Waals surface area contributed by atoms with Crippen LogP contribution in [0.25, 0.3) is 0 Å². The summed E-state index contributed by atoms with van der Waals surface area (Å²) < 4.78 is 0. The molecule has 1 atom stereocenters. The molecule has 0 nitrogen and oxygen atoms in total. The van der Waals surface area contributed by atoms with Crippen molar-refractivity contribution in [2.45, 2.75) is 27.2 Å². The van der Waals surface area contributed by atoms with Gasteiger partial charge in [0, 0.05) is 0 Å². The SMILES string of the molecule is CC(C)C1=CC[C@H](C)C=C1. The number of rotatable bonds is 1. The Balaban J connectivity index is 2.59. The second kappa shape index (κ2) is 3.05. The summed E-state index contributed by atoms with van der Waals surface area (Å²) in [6, 6.07) is 0. The van der Waals surface area contributed by atoms with E-state index in [0.29, 0.717) is 5.92 Å². The van der Waals surface area contributed by atoms with Crippen molar-refractivity contribution in [1.82, 2.24) is 0 Å². The maximum Gasteiger partial charge on any atom is -0.0222 e. The van der Waals surface area contributed by atoms with Gasteiger partial charge in [0.15, 0.2) is 0 Å². The molecule has 0 N–H and O–H groups in total. The summed E-state index contributed by atoms with van der Waals surface area (Å²) in [6.07, 6.45) is 8.15. The van der Waals surface area contributed by atoms with Gasteiger partial charge in [0.1, 0.15) is 0 Å². The molecular formula is C10H16. The normalized spacial score (nSPS) is 25.2. The van der Waals surface area contributed by atoms with Gasteiger partial charge < -0.3 is 0 Å². The van der Waals surface area contributed by atoms with E-state index in [-0.39, 0.29) is 0 Å². The van der Waals surface area contributed by atoms with Crippen LogP contribution in [-0.2, 0) is 0 Å². The standard InChI is InChI=1S/C10H16/c1-8(2)10-6-4-9(3)5-7-10/h4,6-9H,5H2,1-3H3/t9-/m1/s1. The first kappa shape index (κ1) is 7.59. The van der Waals surface area contributed by atoms with E-state index in [1.807, 2.05) is 0 Å². The van der Waals surface area contributed by atoms with Crippen molar-refractivity contribution in [2.75, 3.05) is 0 Å². The monoisotopic (exact) mass is 136 g/mol. The highest BCUT2D eigenvalue weighted by molar-refractivity contribution is 5.24. The first-order valence-electron chi connectivity index (χ1n) is 4.08. The Morgan fingerprint density at radius 3 is 2.60 bits per heavy atom. The van der Waals surface area contributed by atoms with E-state index in [1.54, 1.807) is 0 Å². The Kier molecular flexibility index (Phi) is 2.31. The Morgan fingerprint density at radius 2 is 2.20 bits per heavy atom. The highest BCUT2D eigenvalue weighted by Gasteiger charge is 2.05. The fraction of sp³-hybridized carbons (Fsp3) is 0.600. The molecule has 1 rings (SSSR count). The zero-order valence-electron chi connectivity index (χ0n) is 7.09. The van der Waals surface area contributed by atoms with E-state index in [1.165, 1.54) is 12.0 Å². The van der Waals surface area contributed by atoms with E-state index < -0.39 is 0 Å².